The number of fused-ring (bicyclic) bond motifs is 1. The second-order valence-corrected chi connectivity index (χ2v) is 11.2. The van der Waals surface area contributed by atoms with Crippen LogP contribution >= 0.6 is 23.2 Å². The van der Waals surface area contributed by atoms with E-state index >= 15 is 0 Å². The molecule has 2 atom stereocenters. The predicted octanol–water partition coefficient (Wildman–Crippen LogP) is 6.71. The number of pyridine rings is 1. The third-order valence-electron chi connectivity index (χ3n) is 6.34. The fraction of sp³-hybridized carbons (Fsp3) is 0.345. The van der Waals surface area contributed by atoms with Crippen molar-refractivity contribution in [3.63, 3.8) is 0 Å². The van der Waals surface area contributed by atoms with Gasteiger partial charge in [-0.25, -0.2) is 14.6 Å². The number of amides is 1. The Bertz CT molecular complexity index is 1370. The van der Waals surface area contributed by atoms with Crippen molar-refractivity contribution in [2.75, 3.05) is 6.54 Å². The van der Waals surface area contributed by atoms with Crippen molar-refractivity contribution in [2.45, 2.75) is 57.8 Å². The lowest BCUT2D eigenvalue weighted by atomic mass is 9.87. The number of aromatic nitrogens is 1. The van der Waals surface area contributed by atoms with Gasteiger partial charge in [-0.3, -0.25) is 0 Å². The number of benzene rings is 2. The van der Waals surface area contributed by atoms with E-state index in [1.807, 2.05) is 18.2 Å². The first kappa shape index (κ1) is 28.7. The Kier molecular flexibility index (Phi) is 8.69. The summed E-state index contributed by atoms with van der Waals surface area (Å²) in [4.78, 5) is 30.2. The molecule has 0 spiro atoms. The minimum atomic E-state index is -1.06. The standard InChI is InChI=1S/C29H30Cl2N2O6/c1-29(2,3)39-28(37)33(16-25(34)20-14-24(30)26(31)32-15-20)21-9-7-17-8-10-23(13-19(17)11-21)38-22-6-4-5-18(12-22)27(35)36/h4-6,8,10,12-15,21,25,34H,7,9,11,16H2,1-3H3,(H,35,36)/t21-,25+/m0/s1. The second kappa shape index (κ2) is 11.8. The Morgan fingerprint density at radius 1 is 1.10 bits per heavy atom. The number of carbonyl (C=O) groups is 2. The normalized spacial score (nSPS) is 15.7. The molecule has 0 bridgehead atoms. The van der Waals surface area contributed by atoms with Gasteiger partial charge in [-0.2, -0.15) is 0 Å². The topological polar surface area (TPSA) is 109 Å². The van der Waals surface area contributed by atoms with Crippen molar-refractivity contribution in [3.05, 3.63) is 87.2 Å². The Hall–Kier alpha value is -3.33. The van der Waals surface area contributed by atoms with E-state index in [2.05, 4.69) is 4.98 Å². The maximum atomic E-state index is 13.3. The SMILES string of the molecule is CC(C)(C)OC(=O)N(C[C@@H](O)c1cnc(Cl)c(Cl)c1)[C@H]1CCc2ccc(Oc3cccc(C(=O)O)c3)cc2C1. The lowest BCUT2D eigenvalue weighted by molar-refractivity contribution is 0.00191. The van der Waals surface area contributed by atoms with Crippen molar-refractivity contribution in [2.24, 2.45) is 0 Å². The van der Waals surface area contributed by atoms with Gasteiger partial charge in [0, 0.05) is 17.8 Å². The van der Waals surface area contributed by atoms with Crippen LogP contribution in [-0.4, -0.2) is 50.3 Å². The Balaban J connectivity index is 1.56. The van der Waals surface area contributed by atoms with E-state index in [1.165, 1.54) is 24.4 Å². The summed E-state index contributed by atoms with van der Waals surface area (Å²) in [7, 11) is 0. The fourth-order valence-electron chi connectivity index (χ4n) is 4.48. The largest absolute Gasteiger partial charge is 0.478 e. The molecule has 39 heavy (non-hydrogen) atoms. The monoisotopic (exact) mass is 572 g/mol. The molecule has 0 radical (unpaired) electrons. The number of nitrogens with zero attached hydrogens (tertiary/aromatic N) is 2. The lowest BCUT2D eigenvalue weighted by Gasteiger charge is -2.37. The fourth-order valence-corrected chi connectivity index (χ4v) is 4.75. The molecule has 3 aromatic rings. The average molecular weight is 573 g/mol. The quantitative estimate of drug-likeness (QED) is 0.303. The molecule has 1 aliphatic carbocycles. The van der Waals surface area contributed by atoms with Crippen LogP contribution in [0, 0.1) is 0 Å². The number of carboxylic acid groups (broad SMARTS) is 1. The number of rotatable bonds is 7. The maximum Gasteiger partial charge on any atom is 0.410 e. The number of hydrogen-bond acceptors (Lipinski definition) is 6. The number of aryl methyl sites for hydroxylation is 1. The summed E-state index contributed by atoms with van der Waals surface area (Å²) in [6, 6.07) is 13.3. The molecule has 0 saturated carbocycles. The number of carbonyl (C=O) groups excluding carboxylic acids is 1. The number of halogens is 2. The van der Waals surface area contributed by atoms with Crippen LogP contribution in [0.3, 0.4) is 0 Å². The van der Waals surface area contributed by atoms with Crippen LogP contribution in [0.2, 0.25) is 10.2 Å². The third-order valence-corrected chi connectivity index (χ3v) is 7.02. The highest BCUT2D eigenvalue weighted by atomic mass is 35.5. The van der Waals surface area contributed by atoms with Gasteiger partial charge in [-0.05, 0) is 87.6 Å². The number of carboxylic acids is 1. The first-order valence-electron chi connectivity index (χ1n) is 12.5. The van der Waals surface area contributed by atoms with Gasteiger partial charge in [0.2, 0.25) is 0 Å². The minimum absolute atomic E-state index is 0.0211. The van der Waals surface area contributed by atoms with Crippen LogP contribution in [0.1, 0.15) is 60.3 Å². The summed E-state index contributed by atoms with van der Waals surface area (Å²) in [6.07, 6.45) is 1.77. The highest BCUT2D eigenvalue weighted by molar-refractivity contribution is 6.41. The third kappa shape index (κ3) is 7.41. The Morgan fingerprint density at radius 3 is 2.54 bits per heavy atom. The number of aliphatic hydroxyl groups is 1. The van der Waals surface area contributed by atoms with Crippen molar-refractivity contribution in [1.29, 1.82) is 0 Å². The molecule has 0 fully saturated rings. The average Bonchev–Trinajstić information content (AvgIpc) is 2.87. The van der Waals surface area contributed by atoms with Crippen molar-refractivity contribution < 1.29 is 29.3 Å². The van der Waals surface area contributed by atoms with Gasteiger partial charge in [0.05, 0.1) is 23.2 Å². The van der Waals surface area contributed by atoms with Crippen molar-refractivity contribution in [3.8, 4) is 11.5 Å². The number of aliphatic hydroxyl groups excluding tert-OH is 1. The highest BCUT2D eigenvalue weighted by Crippen LogP contribution is 2.32. The number of ether oxygens (including phenoxy) is 2. The minimum Gasteiger partial charge on any atom is -0.478 e. The molecule has 0 saturated heterocycles. The molecule has 4 rings (SSSR count). The van der Waals surface area contributed by atoms with Gasteiger partial charge in [0.1, 0.15) is 22.3 Å². The van der Waals surface area contributed by atoms with Gasteiger partial charge in [0.15, 0.2) is 0 Å². The van der Waals surface area contributed by atoms with E-state index in [4.69, 9.17) is 32.7 Å². The molecular weight excluding hydrogens is 543 g/mol. The summed E-state index contributed by atoms with van der Waals surface area (Å²) in [5.41, 5.74) is 1.99. The van der Waals surface area contributed by atoms with Crippen LogP contribution in [-0.2, 0) is 17.6 Å². The van der Waals surface area contributed by atoms with E-state index in [-0.39, 0.29) is 28.3 Å². The first-order valence-corrected chi connectivity index (χ1v) is 13.3. The van der Waals surface area contributed by atoms with E-state index in [9.17, 15) is 19.8 Å². The van der Waals surface area contributed by atoms with Gasteiger partial charge < -0.3 is 24.6 Å². The maximum absolute atomic E-state index is 13.3. The summed E-state index contributed by atoms with van der Waals surface area (Å²) >= 11 is 12.0. The van der Waals surface area contributed by atoms with Crippen molar-refractivity contribution in [1.82, 2.24) is 9.88 Å². The van der Waals surface area contributed by atoms with Gasteiger partial charge in [0.25, 0.3) is 0 Å². The summed E-state index contributed by atoms with van der Waals surface area (Å²) in [5, 5.41) is 20.6. The van der Waals surface area contributed by atoms with Gasteiger partial charge in [-0.1, -0.05) is 35.3 Å². The molecule has 2 N–H and O–H groups in total. The van der Waals surface area contributed by atoms with Gasteiger partial charge >= 0.3 is 12.1 Å². The Morgan fingerprint density at radius 2 is 1.85 bits per heavy atom. The van der Waals surface area contributed by atoms with E-state index in [1.54, 1.807) is 37.8 Å². The van der Waals surface area contributed by atoms with Gasteiger partial charge in [-0.15, -0.1) is 0 Å². The predicted molar refractivity (Wildman–Crippen MR) is 148 cm³/mol. The van der Waals surface area contributed by atoms with Crippen LogP contribution in [0.5, 0.6) is 11.5 Å². The van der Waals surface area contributed by atoms with E-state index in [0.717, 1.165) is 17.5 Å². The van der Waals surface area contributed by atoms with Crippen molar-refractivity contribution >= 4 is 35.3 Å². The summed E-state index contributed by atoms with van der Waals surface area (Å²) in [6.45, 7) is 5.36. The molecule has 2 aromatic carbocycles. The molecular formula is C29H30Cl2N2O6. The lowest BCUT2D eigenvalue weighted by Crippen LogP contribution is -2.47. The second-order valence-electron chi connectivity index (χ2n) is 10.5. The number of aromatic carboxylic acids is 1. The van der Waals surface area contributed by atoms with E-state index in [0.29, 0.717) is 29.9 Å². The molecule has 1 aliphatic rings. The first-order chi connectivity index (χ1) is 18.4. The van der Waals surface area contributed by atoms with E-state index < -0.39 is 23.8 Å². The molecule has 206 valence electrons. The van der Waals surface area contributed by atoms with Crippen LogP contribution < -0.4 is 4.74 Å². The van der Waals surface area contributed by atoms with Crippen LogP contribution in [0.25, 0.3) is 0 Å². The van der Waals surface area contributed by atoms with Crippen LogP contribution in [0.4, 0.5) is 4.79 Å². The zero-order valence-corrected chi connectivity index (χ0v) is 23.4. The molecule has 1 amide bonds. The zero-order valence-electron chi connectivity index (χ0n) is 21.9. The molecule has 8 nitrogen and oxygen atoms in total. The Labute approximate surface area is 237 Å². The van der Waals surface area contributed by atoms with Crippen LogP contribution in [0.15, 0.2) is 54.7 Å². The smallest absolute Gasteiger partial charge is 0.410 e. The molecule has 10 heteroatoms. The zero-order chi connectivity index (χ0) is 28.3. The number of hydrogen-bond donors (Lipinski definition) is 2. The highest BCUT2D eigenvalue weighted by Gasteiger charge is 2.33. The summed E-state index contributed by atoms with van der Waals surface area (Å²) in [5.74, 6) is -0.0616. The molecule has 1 heterocycles. The molecule has 0 aliphatic heterocycles. The molecule has 1 aromatic heterocycles. The summed E-state index contributed by atoms with van der Waals surface area (Å²) < 4.78 is 11.6. The molecule has 0 unspecified atom stereocenters.